The van der Waals surface area contributed by atoms with Gasteiger partial charge < -0.3 is 15.2 Å². The van der Waals surface area contributed by atoms with Gasteiger partial charge in [-0.2, -0.15) is 0 Å². The van der Waals surface area contributed by atoms with Crippen molar-refractivity contribution in [2.24, 2.45) is 0 Å². The van der Waals surface area contributed by atoms with Crippen molar-refractivity contribution < 1.29 is 19.4 Å². The van der Waals surface area contributed by atoms with Crippen LogP contribution in [0, 0.1) is 0 Å². The summed E-state index contributed by atoms with van der Waals surface area (Å²) in [7, 11) is 1.55. The van der Waals surface area contributed by atoms with Gasteiger partial charge in [-0.05, 0) is 35.9 Å². The zero-order valence-electron chi connectivity index (χ0n) is 13.0. The lowest BCUT2D eigenvalue weighted by molar-refractivity contribution is -0.133. The van der Waals surface area contributed by atoms with Crippen LogP contribution in [0.3, 0.4) is 0 Å². The molecule has 6 heteroatoms. The van der Waals surface area contributed by atoms with E-state index in [0.717, 1.165) is 0 Å². The number of halogens is 1. The van der Waals surface area contributed by atoms with Gasteiger partial charge in [0.1, 0.15) is 5.75 Å². The van der Waals surface area contributed by atoms with Crippen LogP contribution in [-0.2, 0) is 9.59 Å². The van der Waals surface area contributed by atoms with E-state index in [1.54, 1.807) is 55.6 Å². The summed E-state index contributed by atoms with van der Waals surface area (Å²) in [5.74, 6) is -0.939. The van der Waals surface area contributed by atoms with E-state index in [2.05, 4.69) is 5.32 Å². The molecule has 0 spiro atoms. The molecule has 2 rings (SSSR count). The number of para-hydroxylation sites is 1. The normalized spacial score (nSPS) is 11.0. The summed E-state index contributed by atoms with van der Waals surface area (Å²) >= 11 is 5.97. The molecule has 0 saturated heterocycles. The van der Waals surface area contributed by atoms with Gasteiger partial charge in [-0.3, -0.25) is 4.79 Å². The highest BCUT2D eigenvalue weighted by molar-refractivity contribution is 6.33. The molecule has 0 unspecified atom stereocenters. The number of hydrogen-bond donors (Lipinski definition) is 2. The van der Waals surface area contributed by atoms with E-state index in [0.29, 0.717) is 22.0 Å². The number of ether oxygens (including phenoxy) is 1. The molecule has 0 saturated carbocycles. The summed E-state index contributed by atoms with van der Waals surface area (Å²) < 4.78 is 5.05. The largest absolute Gasteiger partial charge is 0.497 e. The van der Waals surface area contributed by atoms with Gasteiger partial charge in [0.05, 0.1) is 24.2 Å². The predicted molar refractivity (Wildman–Crippen MR) is 93.3 cm³/mol. The van der Waals surface area contributed by atoms with E-state index in [4.69, 9.17) is 16.3 Å². The molecule has 0 bridgehead atoms. The maximum atomic E-state index is 12.1. The molecule has 0 aliphatic rings. The maximum Gasteiger partial charge on any atom is 0.332 e. The van der Waals surface area contributed by atoms with Gasteiger partial charge in [0, 0.05) is 5.57 Å². The summed E-state index contributed by atoms with van der Waals surface area (Å²) in [5, 5.41) is 12.3. The second kappa shape index (κ2) is 8.17. The van der Waals surface area contributed by atoms with Crippen LogP contribution in [0.2, 0.25) is 5.02 Å². The minimum absolute atomic E-state index is 0.0234. The SMILES string of the molecule is COc1ccc(/C=C(/CC(=O)Nc2ccccc2Cl)C(=O)O)cc1. The minimum atomic E-state index is -1.15. The van der Waals surface area contributed by atoms with E-state index >= 15 is 0 Å². The predicted octanol–water partition coefficient (Wildman–Crippen LogP) is 3.85. The number of anilines is 1. The Bertz CT molecular complexity index is 769. The Morgan fingerprint density at radius 3 is 2.42 bits per heavy atom. The lowest BCUT2D eigenvalue weighted by atomic mass is 10.1. The highest BCUT2D eigenvalue weighted by Gasteiger charge is 2.14. The standard InChI is InChI=1S/C18H16ClNO4/c1-24-14-8-6-12(7-9-14)10-13(18(22)23)11-17(21)20-16-5-3-2-4-15(16)19/h2-10H,11H2,1H3,(H,20,21)(H,22,23)/b13-10-. The Labute approximate surface area is 144 Å². The van der Waals surface area contributed by atoms with Crippen molar-refractivity contribution in [3.05, 3.63) is 64.7 Å². The van der Waals surface area contributed by atoms with E-state index < -0.39 is 11.9 Å². The summed E-state index contributed by atoms with van der Waals surface area (Å²) in [6.45, 7) is 0. The van der Waals surface area contributed by atoms with Crippen LogP contribution in [0.1, 0.15) is 12.0 Å². The molecule has 2 aromatic rings. The molecule has 0 fully saturated rings. The first-order valence-corrected chi connectivity index (χ1v) is 7.49. The van der Waals surface area contributed by atoms with E-state index in [9.17, 15) is 14.7 Å². The third kappa shape index (κ3) is 4.86. The van der Waals surface area contributed by atoms with Crippen LogP contribution in [0.25, 0.3) is 6.08 Å². The molecule has 0 atom stereocenters. The zero-order chi connectivity index (χ0) is 17.5. The van der Waals surface area contributed by atoms with Crippen LogP contribution in [0.15, 0.2) is 54.1 Å². The third-order valence-electron chi connectivity index (χ3n) is 3.23. The zero-order valence-corrected chi connectivity index (χ0v) is 13.7. The number of carbonyl (C=O) groups excluding carboxylic acids is 1. The van der Waals surface area contributed by atoms with E-state index in [-0.39, 0.29) is 12.0 Å². The van der Waals surface area contributed by atoms with Gasteiger partial charge in [-0.1, -0.05) is 35.9 Å². The number of carboxylic acids is 1. The number of hydrogen-bond acceptors (Lipinski definition) is 3. The van der Waals surface area contributed by atoms with Gasteiger partial charge in [0.2, 0.25) is 5.91 Å². The van der Waals surface area contributed by atoms with E-state index in [1.807, 2.05) is 0 Å². The first-order valence-electron chi connectivity index (χ1n) is 7.12. The lowest BCUT2D eigenvalue weighted by Gasteiger charge is -2.08. The first-order chi connectivity index (χ1) is 11.5. The third-order valence-corrected chi connectivity index (χ3v) is 3.56. The van der Waals surface area contributed by atoms with Crippen LogP contribution in [0.4, 0.5) is 5.69 Å². The Morgan fingerprint density at radius 1 is 1.17 bits per heavy atom. The Balaban J connectivity index is 2.12. The highest BCUT2D eigenvalue weighted by Crippen LogP contribution is 2.21. The van der Waals surface area contributed by atoms with Gasteiger partial charge in [0.15, 0.2) is 0 Å². The molecule has 24 heavy (non-hydrogen) atoms. The first kappa shape index (κ1) is 17.6. The van der Waals surface area contributed by atoms with Crippen molar-refractivity contribution in [2.45, 2.75) is 6.42 Å². The lowest BCUT2D eigenvalue weighted by Crippen LogP contribution is -2.15. The number of aliphatic carboxylic acids is 1. The van der Waals surface area contributed by atoms with Gasteiger partial charge in [-0.25, -0.2) is 4.79 Å². The number of rotatable bonds is 6. The number of methoxy groups -OCH3 is 1. The average Bonchev–Trinajstić information content (AvgIpc) is 2.57. The molecule has 0 aliphatic carbocycles. The van der Waals surface area contributed by atoms with Gasteiger partial charge in [0.25, 0.3) is 0 Å². The summed E-state index contributed by atoms with van der Waals surface area (Å²) in [4.78, 5) is 23.5. The molecule has 0 radical (unpaired) electrons. The highest BCUT2D eigenvalue weighted by atomic mass is 35.5. The number of carbonyl (C=O) groups is 2. The minimum Gasteiger partial charge on any atom is -0.497 e. The quantitative estimate of drug-likeness (QED) is 0.780. The van der Waals surface area contributed by atoms with E-state index in [1.165, 1.54) is 6.08 Å². The number of benzene rings is 2. The molecule has 124 valence electrons. The monoisotopic (exact) mass is 345 g/mol. The second-order valence-corrected chi connectivity index (χ2v) is 5.36. The Hall–Kier alpha value is -2.79. The Morgan fingerprint density at radius 2 is 1.83 bits per heavy atom. The van der Waals surface area contributed by atoms with Crippen molar-refractivity contribution >= 4 is 35.2 Å². The van der Waals surface area contributed by atoms with Crippen molar-refractivity contribution in [3.63, 3.8) is 0 Å². The van der Waals surface area contributed by atoms with Crippen molar-refractivity contribution in [2.75, 3.05) is 12.4 Å². The molecule has 0 aliphatic heterocycles. The number of amides is 1. The molecule has 0 aromatic heterocycles. The second-order valence-electron chi connectivity index (χ2n) is 4.95. The fourth-order valence-electron chi connectivity index (χ4n) is 2.02. The smallest absolute Gasteiger partial charge is 0.332 e. The summed E-state index contributed by atoms with van der Waals surface area (Å²) in [5.41, 5.74) is 1.09. The van der Waals surface area contributed by atoms with Crippen LogP contribution < -0.4 is 10.1 Å². The molecule has 5 nitrogen and oxygen atoms in total. The fourth-order valence-corrected chi connectivity index (χ4v) is 2.20. The van der Waals surface area contributed by atoms with Crippen LogP contribution >= 0.6 is 11.6 Å². The summed E-state index contributed by atoms with van der Waals surface area (Å²) in [6.07, 6.45) is 1.18. The van der Waals surface area contributed by atoms with Crippen LogP contribution in [-0.4, -0.2) is 24.1 Å². The topological polar surface area (TPSA) is 75.6 Å². The molecular weight excluding hydrogens is 330 g/mol. The molecular formula is C18H16ClNO4. The molecule has 0 heterocycles. The summed E-state index contributed by atoms with van der Waals surface area (Å²) in [6, 6.07) is 13.6. The Kier molecular flexibility index (Phi) is 5.98. The number of nitrogens with one attached hydrogen (secondary N) is 1. The van der Waals surface area contributed by atoms with Crippen molar-refractivity contribution in [3.8, 4) is 5.75 Å². The average molecular weight is 346 g/mol. The van der Waals surface area contributed by atoms with Crippen molar-refractivity contribution in [1.29, 1.82) is 0 Å². The van der Waals surface area contributed by atoms with Gasteiger partial charge in [-0.15, -0.1) is 0 Å². The maximum absolute atomic E-state index is 12.1. The van der Waals surface area contributed by atoms with Crippen LogP contribution in [0.5, 0.6) is 5.75 Å². The van der Waals surface area contributed by atoms with Gasteiger partial charge >= 0.3 is 5.97 Å². The molecule has 1 amide bonds. The number of carboxylic acid groups (broad SMARTS) is 1. The molecule has 2 aromatic carbocycles. The molecule has 2 N–H and O–H groups in total. The fraction of sp³-hybridized carbons (Fsp3) is 0.111. The van der Waals surface area contributed by atoms with Crippen molar-refractivity contribution in [1.82, 2.24) is 0 Å².